The predicted molar refractivity (Wildman–Crippen MR) is 74.0 cm³/mol. The average Bonchev–Trinajstić information content (AvgIpc) is 3.01. The number of benzene rings is 2. The molecule has 0 bridgehead atoms. The predicted octanol–water partition coefficient (Wildman–Crippen LogP) is 3.00. The van der Waals surface area contributed by atoms with Crippen LogP contribution in [-0.2, 0) is 0 Å². The van der Waals surface area contributed by atoms with Gasteiger partial charge in [-0.25, -0.2) is 0 Å². The number of H-pyrrole nitrogens is 1. The molecule has 0 saturated heterocycles. The highest BCUT2D eigenvalue weighted by molar-refractivity contribution is 6.00. The van der Waals surface area contributed by atoms with Gasteiger partial charge >= 0.3 is 0 Å². The van der Waals surface area contributed by atoms with Crippen LogP contribution in [0.2, 0.25) is 0 Å². The molecule has 1 aliphatic heterocycles. The normalized spacial score (nSPS) is 17.5. The van der Waals surface area contributed by atoms with Gasteiger partial charge in [-0.05, 0) is 17.7 Å². The number of aromatic amines is 1. The van der Waals surface area contributed by atoms with Gasteiger partial charge < -0.3 is 10.3 Å². The molecule has 19 heavy (non-hydrogen) atoms. The lowest BCUT2D eigenvalue weighted by Gasteiger charge is -2.10. The number of hydrogen-bond donors (Lipinski definition) is 2. The molecule has 3 heteroatoms. The molecule has 0 saturated carbocycles. The van der Waals surface area contributed by atoms with Crippen molar-refractivity contribution in [1.82, 2.24) is 10.3 Å². The molecule has 1 unspecified atom stereocenters. The summed E-state index contributed by atoms with van der Waals surface area (Å²) in [4.78, 5) is 15.2. The Balaban J connectivity index is 1.93. The lowest BCUT2D eigenvalue weighted by atomic mass is 9.98. The second-order valence-electron chi connectivity index (χ2n) is 4.78. The summed E-state index contributed by atoms with van der Waals surface area (Å²) in [6, 6.07) is 15.8. The van der Waals surface area contributed by atoms with Gasteiger partial charge in [0.05, 0.1) is 6.04 Å². The molecule has 1 amide bonds. The van der Waals surface area contributed by atoms with E-state index in [0.717, 1.165) is 27.6 Å². The first-order valence-corrected chi connectivity index (χ1v) is 6.30. The lowest BCUT2D eigenvalue weighted by Crippen LogP contribution is -2.19. The lowest BCUT2D eigenvalue weighted by molar-refractivity contribution is 0.0960. The van der Waals surface area contributed by atoms with E-state index in [-0.39, 0.29) is 11.9 Å². The van der Waals surface area contributed by atoms with Gasteiger partial charge in [0.15, 0.2) is 0 Å². The van der Waals surface area contributed by atoms with Crippen LogP contribution in [0.3, 0.4) is 0 Å². The molecule has 0 spiro atoms. The minimum Gasteiger partial charge on any atom is -0.361 e. The Morgan fingerprint density at radius 1 is 0.895 bits per heavy atom. The molecule has 0 radical (unpaired) electrons. The third-order valence-corrected chi connectivity index (χ3v) is 3.72. The fraction of sp³-hybridized carbons (Fsp3) is 0.0625. The Morgan fingerprint density at radius 2 is 1.68 bits per heavy atom. The number of fused-ring (bicyclic) bond motifs is 2. The minimum absolute atomic E-state index is 0.00545. The second kappa shape index (κ2) is 3.72. The summed E-state index contributed by atoms with van der Waals surface area (Å²) in [5.74, 6) is 0.00545. The maximum absolute atomic E-state index is 12.0. The summed E-state index contributed by atoms with van der Waals surface area (Å²) < 4.78 is 0. The van der Waals surface area contributed by atoms with Gasteiger partial charge in [-0.3, -0.25) is 4.79 Å². The van der Waals surface area contributed by atoms with Crippen molar-refractivity contribution in [1.29, 1.82) is 0 Å². The highest BCUT2D eigenvalue weighted by atomic mass is 16.2. The van der Waals surface area contributed by atoms with Gasteiger partial charge in [0.1, 0.15) is 0 Å². The molecule has 92 valence electrons. The second-order valence-corrected chi connectivity index (χ2v) is 4.78. The first-order valence-electron chi connectivity index (χ1n) is 6.30. The standard InChI is InChI=1S/C16H12N2O/c19-16-12-7-2-1-6-11(12)15(18-16)13-9-17-14-8-4-3-5-10(13)14/h1-9,15,17H,(H,18,19). The summed E-state index contributed by atoms with van der Waals surface area (Å²) >= 11 is 0. The Morgan fingerprint density at radius 3 is 2.63 bits per heavy atom. The summed E-state index contributed by atoms with van der Waals surface area (Å²) in [6.07, 6.45) is 1.98. The zero-order valence-electron chi connectivity index (χ0n) is 10.2. The number of rotatable bonds is 1. The van der Waals surface area contributed by atoms with Crippen LogP contribution in [0.1, 0.15) is 27.5 Å². The largest absolute Gasteiger partial charge is 0.361 e. The SMILES string of the molecule is O=C1NC(c2c[nH]c3ccccc23)c2ccccc21. The number of carbonyl (C=O) groups excluding carboxylic acids is 1. The zero-order valence-corrected chi connectivity index (χ0v) is 10.2. The molecule has 2 N–H and O–H groups in total. The van der Waals surface area contributed by atoms with Crippen LogP contribution < -0.4 is 5.32 Å². The van der Waals surface area contributed by atoms with Crippen molar-refractivity contribution >= 4 is 16.8 Å². The van der Waals surface area contributed by atoms with Crippen LogP contribution in [0.15, 0.2) is 54.7 Å². The molecule has 2 aromatic carbocycles. The van der Waals surface area contributed by atoms with E-state index in [1.54, 1.807) is 0 Å². The van der Waals surface area contributed by atoms with Gasteiger partial charge in [-0.2, -0.15) is 0 Å². The number of hydrogen-bond acceptors (Lipinski definition) is 1. The van der Waals surface area contributed by atoms with E-state index in [2.05, 4.69) is 16.4 Å². The van der Waals surface area contributed by atoms with E-state index in [9.17, 15) is 4.79 Å². The van der Waals surface area contributed by atoms with Crippen LogP contribution in [0.25, 0.3) is 10.9 Å². The van der Waals surface area contributed by atoms with Crippen LogP contribution in [0.4, 0.5) is 0 Å². The Hall–Kier alpha value is -2.55. The van der Waals surface area contributed by atoms with Crippen LogP contribution >= 0.6 is 0 Å². The molecule has 0 aliphatic carbocycles. The molecule has 1 aliphatic rings. The zero-order chi connectivity index (χ0) is 12.8. The molecular formula is C16H12N2O. The third kappa shape index (κ3) is 1.41. The number of aromatic nitrogens is 1. The number of amides is 1. The van der Waals surface area contributed by atoms with Crippen molar-refractivity contribution in [3.8, 4) is 0 Å². The third-order valence-electron chi connectivity index (χ3n) is 3.72. The molecule has 1 atom stereocenters. The maximum Gasteiger partial charge on any atom is 0.252 e. The fourth-order valence-corrected chi connectivity index (χ4v) is 2.82. The first-order chi connectivity index (χ1) is 9.34. The smallest absolute Gasteiger partial charge is 0.252 e. The highest BCUT2D eigenvalue weighted by Gasteiger charge is 2.30. The summed E-state index contributed by atoms with van der Waals surface area (Å²) in [6.45, 7) is 0. The van der Waals surface area contributed by atoms with Crippen molar-refractivity contribution in [2.45, 2.75) is 6.04 Å². The Kier molecular flexibility index (Phi) is 2.03. The molecule has 0 fully saturated rings. The monoisotopic (exact) mass is 248 g/mol. The van der Waals surface area contributed by atoms with Crippen LogP contribution in [0, 0.1) is 0 Å². The Labute approximate surface area is 110 Å². The van der Waals surface area contributed by atoms with Crippen molar-refractivity contribution in [2.24, 2.45) is 0 Å². The van der Waals surface area contributed by atoms with Crippen molar-refractivity contribution in [3.05, 3.63) is 71.4 Å². The molecule has 2 heterocycles. The van der Waals surface area contributed by atoms with Gasteiger partial charge in [-0.1, -0.05) is 36.4 Å². The van der Waals surface area contributed by atoms with Gasteiger partial charge in [-0.15, -0.1) is 0 Å². The van der Waals surface area contributed by atoms with Crippen molar-refractivity contribution in [3.63, 3.8) is 0 Å². The number of nitrogens with one attached hydrogen (secondary N) is 2. The topological polar surface area (TPSA) is 44.9 Å². The number of carbonyl (C=O) groups is 1. The van der Waals surface area contributed by atoms with E-state index < -0.39 is 0 Å². The van der Waals surface area contributed by atoms with Gasteiger partial charge in [0.25, 0.3) is 5.91 Å². The van der Waals surface area contributed by atoms with Crippen LogP contribution in [0.5, 0.6) is 0 Å². The van der Waals surface area contributed by atoms with E-state index in [4.69, 9.17) is 0 Å². The quantitative estimate of drug-likeness (QED) is 0.683. The van der Waals surface area contributed by atoms with Crippen molar-refractivity contribution in [2.75, 3.05) is 0 Å². The highest BCUT2D eigenvalue weighted by Crippen LogP contribution is 2.34. The molecular weight excluding hydrogens is 236 g/mol. The van der Waals surface area contributed by atoms with E-state index in [0.29, 0.717) is 0 Å². The van der Waals surface area contributed by atoms with Gasteiger partial charge in [0, 0.05) is 28.2 Å². The Bertz CT molecular complexity index is 788. The maximum atomic E-state index is 12.0. The summed E-state index contributed by atoms with van der Waals surface area (Å²) in [7, 11) is 0. The molecule has 3 aromatic rings. The van der Waals surface area contributed by atoms with E-state index >= 15 is 0 Å². The molecule has 3 nitrogen and oxygen atoms in total. The van der Waals surface area contributed by atoms with E-state index in [1.165, 1.54) is 0 Å². The van der Waals surface area contributed by atoms with Crippen molar-refractivity contribution < 1.29 is 4.79 Å². The minimum atomic E-state index is -0.0557. The number of para-hydroxylation sites is 1. The summed E-state index contributed by atoms with van der Waals surface area (Å²) in [5, 5.41) is 4.21. The van der Waals surface area contributed by atoms with Crippen LogP contribution in [-0.4, -0.2) is 10.9 Å². The van der Waals surface area contributed by atoms with Gasteiger partial charge in [0.2, 0.25) is 0 Å². The molecule has 4 rings (SSSR count). The van der Waals surface area contributed by atoms with E-state index in [1.807, 2.05) is 48.7 Å². The first kappa shape index (κ1) is 10.4. The average molecular weight is 248 g/mol. The fourth-order valence-electron chi connectivity index (χ4n) is 2.82. The molecule has 1 aromatic heterocycles. The summed E-state index contributed by atoms with van der Waals surface area (Å²) in [5.41, 5.74) is 4.04.